The average Bonchev–Trinajstić information content (AvgIpc) is 2.53. The van der Waals surface area contributed by atoms with Crippen LogP contribution in [-0.2, 0) is 10.0 Å². The summed E-state index contributed by atoms with van der Waals surface area (Å²) in [6.45, 7) is 4.45. The monoisotopic (exact) mass is 329 g/mol. The first-order valence-electron chi connectivity index (χ1n) is 7.66. The van der Waals surface area contributed by atoms with Gasteiger partial charge >= 0.3 is 0 Å². The van der Waals surface area contributed by atoms with Gasteiger partial charge < -0.3 is 0 Å². The third-order valence-corrected chi connectivity index (χ3v) is 5.60. The Bertz CT molecular complexity index is 760. The lowest BCUT2D eigenvalue weighted by Gasteiger charge is -2.16. The highest BCUT2D eigenvalue weighted by Gasteiger charge is 2.19. The fraction of sp³-hybridized carbons (Fsp3) is 0.263. The summed E-state index contributed by atoms with van der Waals surface area (Å²) in [5.74, 6) is 0. The van der Waals surface area contributed by atoms with Crippen LogP contribution in [0.1, 0.15) is 23.1 Å². The highest BCUT2D eigenvalue weighted by atomic mass is 32.2. The van der Waals surface area contributed by atoms with E-state index in [-0.39, 0.29) is 0 Å². The Morgan fingerprint density at radius 2 is 1.43 bits per heavy atom. The Morgan fingerprint density at radius 3 is 2.00 bits per heavy atom. The van der Waals surface area contributed by atoms with E-state index in [9.17, 15) is 8.42 Å². The van der Waals surface area contributed by atoms with Crippen molar-refractivity contribution in [3.05, 3.63) is 71.3 Å². The zero-order chi connectivity index (χ0) is 16.9. The maximum Gasteiger partial charge on any atom is 0.242 e. The van der Waals surface area contributed by atoms with Crippen LogP contribution in [0, 0.1) is 13.8 Å². The molecule has 2 aromatic carbocycles. The molecule has 122 valence electrons. The lowest BCUT2D eigenvalue weighted by Crippen LogP contribution is -2.27. The van der Waals surface area contributed by atoms with Crippen LogP contribution in [0.4, 0.5) is 0 Å². The van der Waals surface area contributed by atoms with Crippen molar-refractivity contribution in [3.8, 4) is 0 Å². The van der Waals surface area contributed by atoms with Gasteiger partial charge in [0, 0.05) is 13.6 Å². The highest BCUT2D eigenvalue weighted by Crippen LogP contribution is 2.15. The van der Waals surface area contributed by atoms with E-state index in [0.29, 0.717) is 17.9 Å². The fourth-order valence-electron chi connectivity index (χ4n) is 2.16. The molecule has 0 saturated carbocycles. The molecule has 2 rings (SSSR count). The summed E-state index contributed by atoms with van der Waals surface area (Å²) in [5.41, 5.74) is 3.40. The quantitative estimate of drug-likeness (QED) is 0.802. The molecule has 0 atom stereocenters. The number of aryl methyl sites for hydroxylation is 2. The smallest absolute Gasteiger partial charge is 0.207 e. The van der Waals surface area contributed by atoms with E-state index in [0.717, 1.165) is 11.1 Å². The molecule has 0 bridgehead atoms. The molecular weight excluding hydrogens is 306 g/mol. The van der Waals surface area contributed by atoms with Crippen LogP contribution in [0.5, 0.6) is 0 Å². The van der Waals surface area contributed by atoms with E-state index >= 15 is 0 Å². The van der Waals surface area contributed by atoms with E-state index in [1.165, 1.54) is 9.87 Å². The number of nitrogens with zero attached hydrogens (tertiary/aromatic N) is 1. The molecule has 0 spiro atoms. The van der Waals surface area contributed by atoms with Crippen molar-refractivity contribution >= 4 is 16.1 Å². The predicted octanol–water partition coefficient (Wildman–Crippen LogP) is 4.03. The Balaban J connectivity index is 1.94. The molecule has 0 aliphatic rings. The van der Waals surface area contributed by atoms with Gasteiger partial charge in [0.25, 0.3) is 0 Å². The summed E-state index contributed by atoms with van der Waals surface area (Å²) >= 11 is 0. The normalized spacial score (nSPS) is 12.2. The predicted molar refractivity (Wildman–Crippen MR) is 95.8 cm³/mol. The molecule has 0 saturated heterocycles. The summed E-state index contributed by atoms with van der Waals surface area (Å²) in [7, 11) is -1.79. The van der Waals surface area contributed by atoms with Crippen LogP contribution in [-0.4, -0.2) is 26.3 Å². The Labute approximate surface area is 139 Å². The molecule has 0 amide bonds. The van der Waals surface area contributed by atoms with Gasteiger partial charge in [-0.3, -0.25) is 0 Å². The fourth-order valence-corrected chi connectivity index (χ4v) is 3.35. The molecule has 2 aromatic rings. The van der Waals surface area contributed by atoms with Crippen molar-refractivity contribution in [2.75, 3.05) is 13.6 Å². The minimum absolute atomic E-state index is 0.341. The summed E-state index contributed by atoms with van der Waals surface area (Å²) in [6.07, 6.45) is 4.70. The van der Waals surface area contributed by atoms with Crippen LogP contribution in [0.3, 0.4) is 0 Å². The molecule has 0 radical (unpaired) electrons. The summed E-state index contributed by atoms with van der Waals surface area (Å²) in [5, 5.41) is 0. The molecular formula is C19H23NO2S. The van der Waals surface area contributed by atoms with Gasteiger partial charge in [0.05, 0.1) is 4.90 Å². The summed E-state index contributed by atoms with van der Waals surface area (Å²) < 4.78 is 26.3. The summed E-state index contributed by atoms with van der Waals surface area (Å²) in [4.78, 5) is 0.341. The molecule has 0 aromatic heterocycles. The first-order chi connectivity index (χ1) is 10.9. The number of sulfonamides is 1. The van der Waals surface area contributed by atoms with E-state index in [1.54, 1.807) is 19.2 Å². The van der Waals surface area contributed by atoms with Gasteiger partial charge in [-0.15, -0.1) is 0 Å². The Morgan fingerprint density at radius 1 is 0.913 bits per heavy atom. The second-order valence-corrected chi connectivity index (χ2v) is 7.79. The number of benzene rings is 2. The first-order valence-corrected chi connectivity index (χ1v) is 9.10. The number of hydrogen-bond acceptors (Lipinski definition) is 2. The Kier molecular flexibility index (Phi) is 5.74. The zero-order valence-electron chi connectivity index (χ0n) is 13.9. The second-order valence-electron chi connectivity index (χ2n) is 5.74. The third kappa shape index (κ3) is 4.78. The minimum atomic E-state index is -3.41. The molecule has 3 nitrogen and oxygen atoms in total. The van der Waals surface area contributed by atoms with Crippen molar-refractivity contribution in [2.24, 2.45) is 0 Å². The van der Waals surface area contributed by atoms with Crippen LogP contribution >= 0.6 is 0 Å². The Hall–Kier alpha value is -1.91. The standard InChI is InChI=1S/C19H23NO2S/c1-16-7-11-18(12-8-16)6-4-5-15-20(3)23(21,22)19-13-9-17(2)10-14-19/h4,6-14H,5,15H2,1-3H3/b6-4+. The maximum atomic E-state index is 12.4. The second kappa shape index (κ2) is 7.57. The highest BCUT2D eigenvalue weighted by molar-refractivity contribution is 7.89. The van der Waals surface area contributed by atoms with Gasteiger partial charge in [-0.1, -0.05) is 59.7 Å². The van der Waals surface area contributed by atoms with Crippen molar-refractivity contribution < 1.29 is 8.42 Å². The van der Waals surface area contributed by atoms with Gasteiger partial charge in [0.15, 0.2) is 0 Å². The van der Waals surface area contributed by atoms with Crippen LogP contribution in [0.2, 0.25) is 0 Å². The molecule has 0 fully saturated rings. The molecule has 0 aliphatic carbocycles. The van der Waals surface area contributed by atoms with Crippen LogP contribution < -0.4 is 0 Å². The SMILES string of the molecule is Cc1ccc(/C=C/CCN(C)S(=O)(=O)c2ccc(C)cc2)cc1. The number of rotatable bonds is 6. The average molecular weight is 329 g/mol. The van der Waals surface area contributed by atoms with Gasteiger partial charge in [0.1, 0.15) is 0 Å². The molecule has 0 N–H and O–H groups in total. The van der Waals surface area contributed by atoms with E-state index < -0.39 is 10.0 Å². The largest absolute Gasteiger partial charge is 0.242 e. The minimum Gasteiger partial charge on any atom is -0.207 e. The number of hydrogen-bond donors (Lipinski definition) is 0. The van der Waals surface area contributed by atoms with E-state index in [2.05, 4.69) is 31.2 Å². The third-order valence-electron chi connectivity index (χ3n) is 3.73. The molecule has 0 heterocycles. The van der Waals surface area contributed by atoms with E-state index in [1.807, 2.05) is 31.2 Å². The molecule has 0 unspecified atom stereocenters. The summed E-state index contributed by atoms with van der Waals surface area (Å²) in [6, 6.07) is 15.2. The molecule has 0 aliphatic heterocycles. The lowest BCUT2D eigenvalue weighted by molar-refractivity contribution is 0.475. The van der Waals surface area contributed by atoms with Gasteiger partial charge in [-0.05, 0) is 38.0 Å². The topological polar surface area (TPSA) is 37.4 Å². The molecule has 23 heavy (non-hydrogen) atoms. The van der Waals surface area contributed by atoms with Crippen molar-refractivity contribution in [1.29, 1.82) is 0 Å². The van der Waals surface area contributed by atoms with Crippen LogP contribution in [0.25, 0.3) is 6.08 Å². The van der Waals surface area contributed by atoms with Crippen LogP contribution in [0.15, 0.2) is 59.5 Å². The first kappa shape index (κ1) is 17.4. The lowest BCUT2D eigenvalue weighted by atomic mass is 10.1. The van der Waals surface area contributed by atoms with Gasteiger partial charge in [0.2, 0.25) is 10.0 Å². The van der Waals surface area contributed by atoms with Crippen molar-refractivity contribution in [2.45, 2.75) is 25.2 Å². The van der Waals surface area contributed by atoms with Gasteiger partial charge in [-0.2, -0.15) is 0 Å². The zero-order valence-corrected chi connectivity index (χ0v) is 14.7. The van der Waals surface area contributed by atoms with Crippen molar-refractivity contribution in [1.82, 2.24) is 4.31 Å². The van der Waals surface area contributed by atoms with Gasteiger partial charge in [-0.25, -0.2) is 12.7 Å². The van der Waals surface area contributed by atoms with E-state index in [4.69, 9.17) is 0 Å². The van der Waals surface area contributed by atoms with Crippen molar-refractivity contribution in [3.63, 3.8) is 0 Å². The maximum absolute atomic E-state index is 12.4. The molecule has 4 heteroatoms.